The number of hydrogen-bond donors (Lipinski definition) is 2. The zero-order valence-corrected chi connectivity index (χ0v) is 14.9. The summed E-state index contributed by atoms with van der Waals surface area (Å²) in [6.07, 6.45) is 1.47. The molecule has 2 aromatic carbocycles. The molecule has 2 atom stereocenters. The summed E-state index contributed by atoms with van der Waals surface area (Å²) in [7, 11) is 0. The van der Waals surface area contributed by atoms with Gasteiger partial charge in [-0.2, -0.15) is 0 Å². The topological polar surface area (TPSA) is 62.3 Å². The van der Waals surface area contributed by atoms with Gasteiger partial charge >= 0.3 is 5.97 Å². The summed E-state index contributed by atoms with van der Waals surface area (Å²) in [6.45, 7) is 2.53. The first-order chi connectivity index (χ1) is 12.6. The van der Waals surface area contributed by atoms with Crippen LogP contribution in [-0.2, 0) is 21.6 Å². The molecule has 0 radical (unpaired) electrons. The highest BCUT2D eigenvalue weighted by molar-refractivity contribution is 5.86. The lowest BCUT2D eigenvalue weighted by molar-refractivity contribution is -0.149. The highest BCUT2D eigenvalue weighted by Crippen LogP contribution is 2.46. The number of benzene rings is 2. The van der Waals surface area contributed by atoms with Crippen molar-refractivity contribution in [1.29, 1.82) is 0 Å². The number of hydrogen-bond acceptors (Lipinski definition) is 2. The van der Waals surface area contributed by atoms with Gasteiger partial charge in [0, 0.05) is 16.8 Å². The molecule has 2 unspecified atom stereocenters. The first-order valence-electron chi connectivity index (χ1n) is 9.14. The number of rotatable bonds is 5. The standard InChI is InChI=1S/C22H23NO3/c1-2-22(13-19(24)25)21-20(17-10-6-7-11-18(17)23-21)16(14-26-22)12-15-8-4-3-5-9-15/h3-11,16,23H,2,12-14H2,1H3,(H,24,25). The molecule has 0 spiro atoms. The van der Waals surface area contributed by atoms with Gasteiger partial charge in [0.15, 0.2) is 0 Å². The largest absolute Gasteiger partial charge is 0.481 e. The van der Waals surface area contributed by atoms with Crippen LogP contribution in [0.2, 0.25) is 0 Å². The van der Waals surface area contributed by atoms with Crippen LogP contribution in [0.3, 0.4) is 0 Å². The molecular formula is C22H23NO3. The van der Waals surface area contributed by atoms with Gasteiger partial charge in [-0.15, -0.1) is 0 Å². The predicted molar refractivity (Wildman–Crippen MR) is 101 cm³/mol. The molecule has 0 aliphatic carbocycles. The van der Waals surface area contributed by atoms with E-state index in [1.807, 2.05) is 25.1 Å². The number of carboxylic acids is 1. The number of aromatic nitrogens is 1. The Kier molecular flexibility index (Phi) is 4.29. The number of para-hydroxylation sites is 1. The highest BCUT2D eigenvalue weighted by atomic mass is 16.5. The number of ether oxygens (including phenoxy) is 1. The Balaban J connectivity index is 1.85. The SMILES string of the molecule is CCC1(CC(=O)O)OCC(Cc2ccccc2)c2c1[nH]c1ccccc21. The number of aliphatic carboxylic acids is 1. The second kappa shape index (κ2) is 6.61. The van der Waals surface area contributed by atoms with E-state index in [1.54, 1.807) is 0 Å². The van der Waals surface area contributed by atoms with Gasteiger partial charge in [0.05, 0.1) is 18.7 Å². The van der Waals surface area contributed by atoms with E-state index >= 15 is 0 Å². The van der Waals surface area contributed by atoms with E-state index in [-0.39, 0.29) is 12.3 Å². The van der Waals surface area contributed by atoms with Crippen LogP contribution in [0.4, 0.5) is 0 Å². The predicted octanol–water partition coefficient (Wildman–Crippen LogP) is 4.60. The Morgan fingerprint density at radius 2 is 1.92 bits per heavy atom. The molecule has 0 fully saturated rings. The van der Waals surface area contributed by atoms with E-state index in [1.165, 1.54) is 16.5 Å². The number of carboxylic acid groups (broad SMARTS) is 1. The van der Waals surface area contributed by atoms with Crippen molar-refractivity contribution in [3.05, 3.63) is 71.4 Å². The Hall–Kier alpha value is -2.59. The minimum absolute atomic E-state index is 0.0264. The van der Waals surface area contributed by atoms with Crippen molar-refractivity contribution in [2.24, 2.45) is 0 Å². The fraction of sp³-hybridized carbons (Fsp3) is 0.318. The van der Waals surface area contributed by atoms with Crippen molar-refractivity contribution in [3.63, 3.8) is 0 Å². The zero-order chi connectivity index (χ0) is 18.1. The molecule has 3 aromatic rings. The van der Waals surface area contributed by atoms with Crippen LogP contribution in [0.1, 0.15) is 42.5 Å². The Bertz CT molecular complexity index is 931. The van der Waals surface area contributed by atoms with E-state index in [9.17, 15) is 9.90 Å². The summed E-state index contributed by atoms with van der Waals surface area (Å²) in [5, 5.41) is 10.6. The smallest absolute Gasteiger partial charge is 0.306 e. The molecule has 26 heavy (non-hydrogen) atoms. The molecule has 0 saturated carbocycles. The minimum Gasteiger partial charge on any atom is -0.481 e. The maximum atomic E-state index is 11.5. The lowest BCUT2D eigenvalue weighted by Gasteiger charge is -2.39. The van der Waals surface area contributed by atoms with Crippen LogP contribution in [0.25, 0.3) is 10.9 Å². The number of nitrogens with one attached hydrogen (secondary N) is 1. The number of H-pyrrole nitrogens is 1. The van der Waals surface area contributed by atoms with Crippen LogP contribution >= 0.6 is 0 Å². The van der Waals surface area contributed by atoms with Crippen LogP contribution in [0.5, 0.6) is 0 Å². The molecule has 134 valence electrons. The van der Waals surface area contributed by atoms with Crippen molar-refractivity contribution in [3.8, 4) is 0 Å². The van der Waals surface area contributed by atoms with Crippen LogP contribution in [0, 0.1) is 0 Å². The lowest BCUT2D eigenvalue weighted by atomic mass is 9.80. The molecule has 0 bridgehead atoms. The van der Waals surface area contributed by atoms with Gasteiger partial charge in [-0.3, -0.25) is 4.79 Å². The van der Waals surface area contributed by atoms with Gasteiger partial charge in [0.25, 0.3) is 0 Å². The third-order valence-electron chi connectivity index (χ3n) is 5.50. The molecule has 0 amide bonds. The first kappa shape index (κ1) is 16.9. The van der Waals surface area contributed by atoms with E-state index in [4.69, 9.17) is 4.74 Å². The van der Waals surface area contributed by atoms with Crippen molar-refractivity contribution in [2.75, 3.05) is 6.61 Å². The van der Waals surface area contributed by atoms with Gasteiger partial charge in [-0.05, 0) is 30.0 Å². The summed E-state index contributed by atoms with van der Waals surface area (Å²) in [5.41, 5.74) is 3.69. The van der Waals surface area contributed by atoms with Crippen molar-refractivity contribution >= 4 is 16.9 Å². The monoisotopic (exact) mass is 349 g/mol. The van der Waals surface area contributed by atoms with Gasteiger partial charge in [-0.1, -0.05) is 55.5 Å². The van der Waals surface area contributed by atoms with Crippen molar-refractivity contribution < 1.29 is 14.6 Å². The third-order valence-corrected chi connectivity index (χ3v) is 5.50. The fourth-order valence-electron chi connectivity index (χ4n) is 4.21. The van der Waals surface area contributed by atoms with E-state index in [0.29, 0.717) is 13.0 Å². The molecule has 1 aromatic heterocycles. The van der Waals surface area contributed by atoms with Crippen molar-refractivity contribution in [1.82, 2.24) is 4.98 Å². The fourth-order valence-corrected chi connectivity index (χ4v) is 4.21. The Morgan fingerprint density at radius 3 is 2.65 bits per heavy atom. The van der Waals surface area contributed by atoms with E-state index in [0.717, 1.165) is 17.6 Å². The number of fused-ring (bicyclic) bond motifs is 3. The molecule has 1 aliphatic heterocycles. The van der Waals surface area contributed by atoms with Gasteiger partial charge < -0.3 is 14.8 Å². The molecular weight excluding hydrogens is 326 g/mol. The Morgan fingerprint density at radius 1 is 1.19 bits per heavy atom. The molecule has 4 nitrogen and oxygen atoms in total. The van der Waals surface area contributed by atoms with Crippen LogP contribution < -0.4 is 0 Å². The van der Waals surface area contributed by atoms with Gasteiger partial charge in [0.1, 0.15) is 5.60 Å². The highest BCUT2D eigenvalue weighted by Gasteiger charge is 2.43. The van der Waals surface area contributed by atoms with E-state index < -0.39 is 11.6 Å². The maximum Gasteiger partial charge on any atom is 0.306 e. The number of aromatic amines is 1. The molecule has 4 heteroatoms. The first-order valence-corrected chi connectivity index (χ1v) is 9.14. The summed E-state index contributed by atoms with van der Waals surface area (Å²) in [4.78, 5) is 15.0. The molecule has 1 aliphatic rings. The summed E-state index contributed by atoms with van der Waals surface area (Å²) in [6, 6.07) is 18.6. The van der Waals surface area contributed by atoms with Gasteiger partial charge in [-0.25, -0.2) is 0 Å². The van der Waals surface area contributed by atoms with Gasteiger partial charge in [0.2, 0.25) is 0 Å². The second-order valence-corrected chi connectivity index (χ2v) is 7.08. The summed E-state index contributed by atoms with van der Waals surface area (Å²) >= 11 is 0. The Labute approximate surface area is 152 Å². The van der Waals surface area contributed by atoms with Crippen LogP contribution in [-0.4, -0.2) is 22.7 Å². The lowest BCUT2D eigenvalue weighted by Crippen LogP contribution is -2.39. The van der Waals surface area contributed by atoms with E-state index in [2.05, 4.69) is 41.4 Å². The average molecular weight is 349 g/mol. The quantitative estimate of drug-likeness (QED) is 0.707. The number of carbonyl (C=O) groups is 1. The van der Waals surface area contributed by atoms with Crippen LogP contribution in [0.15, 0.2) is 54.6 Å². The minimum atomic E-state index is -0.835. The molecule has 2 N–H and O–H groups in total. The average Bonchev–Trinajstić information content (AvgIpc) is 3.05. The summed E-state index contributed by atoms with van der Waals surface area (Å²) in [5.74, 6) is -0.630. The summed E-state index contributed by atoms with van der Waals surface area (Å²) < 4.78 is 6.25. The molecule has 2 heterocycles. The second-order valence-electron chi connectivity index (χ2n) is 7.08. The molecule has 0 saturated heterocycles. The third kappa shape index (κ3) is 2.80. The molecule has 4 rings (SSSR count). The zero-order valence-electron chi connectivity index (χ0n) is 14.9. The normalized spacial score (nSPS) is 22.3. The maximum absolute atomic E-state index is 11.5. The van der Waals surface area contributed by atoms with Crippen molar-refractivity contribution in [2.45, 2.75) is 37.7 Å².